The summed E-state index contributed by atoms with van der Waals surface area (Å²) in [5.41, 5.74) is 52.5. The van der Waals surface area contributed by atoms with E-state index < -0.39 is 59.0 Å². The Hall–Kier alpha value is -16.9. The second-order valence-corrected chi connectivity index (χ2v) is 18.2. The number of nitrogens with zero attached hydrogens (tertiary/aromatic N) is 32. The Morgan fingerprint density at radius 3 is 1.24 bits per heavy atom. The van der Waals surface area contributed by atoms with Crippen LogP contribution in [0, 0.1) is 16.2 Å². The van der Waals surface area contributed by atoms with Crippen molar-refractivity contribution < 1.29 is 63.3 Å². The van der Waals surface area contributed by atoms with Crippen LogP contribution in [0.15, 0.2) is 117 Å². The van der Waals surface area contributed by atoms with Crippen molar-refractivity contribution in [2.24, 2.45) is 115 Å². The molecule has 9 aromatic rings. The van der Waals surface area contributed by atoms with Crippen LogP contribution >= 0.6 is 0 Å². The number of anilines is 4. The third-order valence-corrected chi connectivity index (χ3v) is 10.2. The molecule has 0 fully saturated rings. The van der Waals surface area contributed by atoms with Crippen LogP contribution in [0.4, 0.5) is 45.5 Å². The van der Waals surface area contributed by atoms with Crippen LogP contribution in [0.5, 0.6) is 0 Å². The number of imidazole rings is 8. The number of aryl methyl sites for hydroxylation is 1. The minimum absolute atomic E-state index is 0. The van der Waals surface area contributed by atoms with Crippen molar-refractivity contribution in [2.45, 2.75) is 27.6 Å². The van der Waals surface area contributed by atoms with E-state index in [1.165, 1.54) is 104 Å². The molecule has 0 atom stereocenters. The molecule has 0 unspecified atom stereocenters. The zero-order valence-electron chi connectivity index (χ0n) is 61.0. The number of rotatable bonds is 22. The van der Waals surface area contributed by atoms with Gasteiger partial charge in [-0.25, -0.2) is 79.7 Å². The van der Waals surface area contributed by atoms with Crippen molar-refractivity contribution in [1.82, 2.24) is 109 Å². The van der Waals surface area contributed by atoms with Gasteiger partial charge in [0.15, 0.2) is 57.4 Å². The number of nitrogen functional groups attached to an aromatic ring is 1. The lowest BCUT2D eigenvalue weighted by atomic mass is 10.4. The maximum Gasteiger partial charge on any atom is 0.418 e. The SMILES string of the molecule is C.C.CCO.CN(C)N=Nc1nc[nH]c1C(N)=O.CN(C=O)N=Nc1nc[nH]c1C(N)=O.CN(CO)N=Nc1nc[nH]c1C(N)=O.CN=NNc1c(C(N)=O)ncn1C(=O)O.CN=NNc1nc[nH]c1C(N)=O.CN=NNc1nc[nH]c1C(N)=O.C[N+]#N.Cn1nnc2c(C(N)=O)ncn2c1=O.N#N.NC(=O)c1[nH]cnc1N.[CH3][Al]. The Morgan fingerprint density at radius 1 is 0.565 bits per heavy atom. The molecule has 0 aliphatic rings. The van der Waals surface area contributed by atoms with E-state index in [2.05, 4.69) is 180 Å². The summed E-state index contributed by atoms with van der Waals surface area (Å²) in [6.45, 7) is 1.65. The molecule has 9 amide bonds. The topological polar surface area (TPSA) is 990 Å². The number of aliphatic hydroxyl groups is 2. The molecule has 0 bridgehead atoms. The molecular formula is C50H84AlN50O14+. The Balaban J connectivity index is -0.000000394. The number of aromatic amines is 6. The Labute approximate surface area is 654 Å². The number of primary amides is 8. The molecule has 0 saturated carbocycles. The van der Waals surface area contributed by atoms with Crippen LogP contribution in [0.25, 0.3) is 10.6 Å². The number of nitrogens with one attached hydrogen (secondary N) is 9. The standard InChI is InChI=1S/C6H8N6O3.C6H6N6O2.C6H10N6O2.C6H8N6O2.C6H10N6O.2C5H8N6O.C4H6N4O.C2H6O.CH3N2.2CH4.CH3.Al.N2/c1-8-11-10-5-3(4(7)13)9-2-12(5)6(14)15;1-11-6(14)12-2-8-3(4(7)13)5(12)9-10-11;2*1-12(3-13)11-10-6-4(5(7)14)8-2-9-6;1-12(2)11-10-6-4(5(7)13)8-3-9-6;2*1-7-11-10-5-3(4(6)12)8-2-9-5;5-3-2(4(6)9)7-1-8-3;1-2-3;1-3-2;;;;;1-2/h2H,1H3,(H2,7,13)(H,8,10)(H,14,15);2H,1H3,(H2,7,13);2,13H,3H2,1H3,(H2,7,14)(H,8,9);2-3H,1H3,(H2,7,14)(H,8,9);3H,1-2H3,(H2,7,13)(H,8,9);2*2H,1H3,(H2,6,12)(H,7,10)(H,8,9);1H,5H2,(H2,6,9)(H,7,8);3H,2H2,1H3;1H3;2*1H4;1H3;;/q;;;;;;;;;+1;;;;;. The average Bonchev–Trinajstić information content (AvgIpc) is 1.67. The van der Waals surface area contributed by atoms with Gasteiger partial charge in [-0.3, -0.25) is 53.2 Å². The zero-order valence-corrected chi connectivity index (χ0v) is 62.2. The number of fused-ring (bicyclic) bond motifs is 1. The second-order valence-electron chi connectivity index (χ2n) is 18.2. The number of aliphatic hydroxyl groups excluding tert-OH is 2. The lowest BCUT2D eigenvalue weighted by Crippen LogP contribution is -2.27. The lowest BCUT2D eigenvalue weighted by molar-refractivity contribution is -0.117. The quantitative estimate of drug-likeness (QED) is 0.00854. The number of carbonyl (C=O) groups is 10. The van der Waals surface area contributed by atoms with Gasteiger partial charge < -0.3 is 96.8 Å². The summed E-state index contributed by atoms with van der Waals surface area (Å²) in [4.78, 5) is 165. The van der Waals surface area contributed by atoms with Gasteiger partial charge in [0.2, 0.25) is 29.3 Å². The first-order valence-electron chi connectivity index (χ1n) is 29.3. The molecule has 115 heavy (non-hydrogen) atoms. The molecule has 2 radical (unpaired) electrons. The van der Waals surface area contributed by atoms with Gasteiger partial charge in [0.05, 0.1) is 59.1 Å². The number of carbonyl (C=O) groups excluding carboxylic acids is 9. The maximum absolute atomic E-state index is 11.4. The highest BCUT2D eigenvalue weighted by Crippen LogP contribution is 2.17. The summed E-state index contributed by atoms with van der Waals surface area (Å²) in [7, 11) is 13.4. The van der Waals surface area contributed by atoms with Gasteiger partial charge in [-0.15, -0.1) is 26.2 Å². The zero-order chi connectivity index (χ0) is 86.9. The predicted octanol–water partition coefficient (Wildman–Crippen LogP) is -2.21. The first-order valence-corrected chi connectivity index (χ1v) is 30.4. The van der Waals surface area contributed by atoms with E-state index in [-0.39, 0.29) is 120 Å². The third-order valence-electron chi connectivity index (χ3n) is 10.2. The summed E-state index contributed by atoms with van der Waals surface area (Å²) in [6, 6.07) is 0. The molecule has 30 N–H and O–H groups in total. The van der Waals surface area contributed by atoms with Crippen LogP contribution in [0.2, 0.25) is 5.79 Å². The summed E-state index contributed by atoms with van der Waals surface area (Å²) in [5.74, 6) is -2.54. The van der Waals surface area contributed by atoms with Gasteiger partial charge in [0.1, 0.15) is 57.7 Å². The number of diazo groups is 1. The monoisotopic (exact) mass is 1640 g/mol. The van der Waals surface area contributed by atoms with Gasteiger partial charge in [-0.05, 0) is 6.92 Å². The molecule has 9 heterocycles. The predicted molar refractivity (Wildman–Crippen MR) is 397 cm³/mol. The third kappa shape index (κ3) is 39.5. The molecule has 0 saturated heterocycles. The van der Waals surface area contributed by atoms with Gasteiger partial charge >= 0.3 is 11.8 Å². The van der Waals surface area contributed by atoms with Gasteiger partial charge in [0, 0.05) is 52.6 Å². The van der Waals surface area contributed by atoms with E-state index in [1.807, 2.05) is 5.79 Å². The Kier molecular flexibility index (Phi) is 55.9. The molecule has 620 valence electrons. The van der Waals surface area contributed by atoms with Gasteiger partial charge in [0.25, 0.3) is 54.3 Å². The van der Waals surface area contributed by atoms with Crippen molar-refractivity contribution in [3.8, 4) is 0 Å². The number of aromatic nitrogens is 19. The molecular weight excluding hydrogens is 1550 g/mol. The smallest absolute Gasteiger partial charge is 0.418 e. The van der Waals surface area contributed by atoms with Gasteiger partial charge in [-0.2, -0.15) is 20.0 Å². The van der Waals surface area contributed by atoms with E-state index in [1.54, 1.807) is 21.0 Å². The summed E-state index contributed by atoms with van der Waals surface area (Å²) in [5, 5.41) is 96.7. The summed E-state index contributed by atoms with van der Waals surface area (Å²) >= 11 is 2.42. The van der Waals surface area contributed by atoms with Crippen LogP contribution < -0.4 is 73.6 Å². The fraction of sp³-hybridized carbons (Fsp3) is 0.300. The van der Waals surface area contributed by atoms with Crippen LogP contribution in [-0.4, -0.2) is 270 Å². The average molecular weight is 1640 g/mol. The molecule has 9 rings (SSSR count). The van der Waals surface area contributed by atoms with Crippen LogP contribution in [0.3, 0.4) is 0 Å². The number of hydrogen-bond donors (Lipinski definition) is 21. The summed E-state index contributed by atoms with van der Waals surface area (Å²) < 4.78 is 2.81. The van der Waals surface area contributed by atoms with E-state index >= 15 is 0 Å². The number of amides is 9. The highest BCUT2D eigenvalue weighted by Gasteiger charge is 2.20. The highest BCUT2D eigenvalue weighted by molar-refractivity contribution is 6.05. The van der Waals surface area contributed by atoms with E-state index in [0.29, 0.717) is 11.0 Å². The first-order chi connectivity index (χ1) is 53.6. The summed E-state index contributed by atoms with van der Waals surface area (Å²) in [6.07, 6.45) is 9.15. The van der Waals surface area contributed by atoms with Crippen molar-refractivity contribution in [2.75, 3.05) is 91.7 Å². The molecule has 0 aliphatic heterocycles. The van der Waals surface area contributed by atoms with Gasteiger partial charge in [-0.1, -0.05) is 51.4 Å². The minimum Gasteiger partial charge on any atom is -0.464 e. The second kappa shape index (κ2) is 60.2. The Bertz CT molecular complexity index is 4660. The largest absolute Gasteiger partial charge is 0.464 e. The highest BCUT2D eigenvalue weighted by atomic mass is 27.0. The number of carboxylic acid groups (broad SMARTS) is 1. The number of H-pyrrole nitrogens is 6. The molecule has 64 nitrogen and oxygen atoms in total. The molecule has 0 aliphatic carbocycles. The van der Waals surface area contributed by atoms with Crippen molar-refractivity contribution in [1.29, 1.82) is 16.2 Å². The molecule has 0 aromatic carbocycles. The number of nitrogens with two attached hydrogens (primary N) is 9. The molecule has 65 heteroatoms. The van der Waals surface area contributed by atoms with Crippen molar-refractivity contribution in [3.63, 3.8) is 0 Å². The number of hydrogen-bond acceptors (Lipinski definition) is 39. The lowest BCUT2D eigenvalue weighted by Gasteiger charge is -2.03. The molecule has 9 aromatic heterocycles. The first kappa shape index (κ1) is 107. The van der Waals surface area contributed by atoms with Crippen LogP contribution in [0.1, 0.15) is 106 Å². The fourth-order valence-corrected chi connectivity index (χ4v) is 5.81. The minimum atomic E-state index is -1.32. The van der Waals surface area contributed by atoms with E-state index in [9.17, 15) is 52.7 Å². The maximum atomic E-state index is 11.4. The van der Waals surface area contributed by atoms with Crippen molar-refractivity contribution in [3.05, 3.63) is 112 Å². The van der Waals surface area contributed by atoms with E-state index in [0.717, 1.165) is 20.4 Å². The molecule has 0 spiro atoms. The fourth-order valence-electron chi connectivity index (χ4n) is 5.81. The van der Waals surface area contributed by atoms with Crippen molar-refractivity contribution >= 4 is 122 Å². The normalized spacial score (nSPS) is 9.62. The van der Waals surface area contributed by atoms with Crippen LogP contribution in [-0.2, 0) is 11.8 Å². The van der Waals surface area contributed by atoms with E-state index in [4.69, 9.17) is 83.1 Å². The Morgan fingerprint density at radius 2 is 0.913 bits per heavy atom.